The van der Waals surface area contributed by atoms with Crippen LogP contribution in [-0.4, -0.2) is 17.8 Å². The second kappa shape index (κ2) is 4.28. The zero-order valence-corrected chi connectivity index (χ0v) is 8.37. The van der Waals surface area contributed by atoms with Crippen molar-refractivity contribution < 1.29 is 9.84 Å². The van der Waals surface area contributed by atoms with Gasteiger partial charge < -0.3 is 9.84 Å². The molecule has 0 aliphatic rings. The van der Waals surface area contributed by atoms with E-state index in [2.05, 4.69) is 0 Å². The molecule has 1 atom stereocenters. The van der Waals surface area contributed by atoms with E-state index in [1.165, 1.54) is 0 Å². The van der Waals surface area contributed by atoms with Gasteiger partial charge >= 0.3 is 0 Å². The number of hydrogen-bond donors (Lipinski definition) is 1. The van der Waals surface area contributed by atoms with Gasteiger partial charge in [-0.1, -0.05) is 18.2 Å². The third-order valence-electron chi connectivity index (χ3n) is 1.88. The topological polar surface area (TPSA) is 29.5 Å². The lowest BCUT2D eigenvalue weighted by Gasteiger charge is -2.12. The first-order valence-electron chi connectivity index (χ1n) is 4.48. The molecule has 0 amide bonds. The number of para-hydroxylation sites is 1. The minimum absolute atomic E-state index is 0.353. The van der Waals surface area contributed by atoms with Crippen molar-refractivity contribution in [1.82, 2.24) is 0 Å². The van der Waals surface area contributed by atoms with Gasteiger partial charge in [-0.05, 0) is 31.9 Å². The molecule has 72 valence electrons. The van der Waals surface area contributed by atoms with Crippen molar-refractivity contribution in [2.75, 3.05) is 6.61 Å². The molecule has 0 spiro atoms. The van der Waals surface area contributed by atoms with E-state index >= 15 is 0 Å². The van der Waals surface area contributed by atoms with Gasteiger partial charge in [0.15, 0.2) is 0 Å². The van der Waals surface area contributed by atoms with Crippen molar-refractivity contribution in [3.8, 4) is 5.75 Å². The first kappa shape index (κ1) is 10.1. The van der Waals surface area contributed by atoms with Crippen LogP contribution in [0.15, 0.2) is 18.2 Å². The van der Waals surface area contributed by atoms with Crippen LogP contribution in [0.25, 0.3) is 0 Å². The lowest BCUT2D eigenvalue weighted by molar-refractivity contribution is 0.122. The Labute approximate surface area is 79.2 Å². The number of aliphatic hydroxyl groups excluding tert-OH is 1. The van der Waals surface area contributed by atoms with Crippen LogP contribution >= 0.6 is 0 Å². The predicted molar refractivity (Wildman–Crippen MR) is 53.1 cm³/mol. The SMILES string of the molecule is Cc1cccc(C)c1OCC(C)O. The molecule has 0 bridgehead atoms. The molecule has 0 aliphatic heterocycles. The Kier molecular flexibility index (Phi) is 3.32. The molecule has 2 nitrogen and oxygen atoms in total. The molecule has 0 heterocycles. The monoisotopic (exact) mass is 180 g/mol. The van der Waals surface area contributed by atoms with Crippen molar-refractivity contribution in [2.24, 2.45) is 0 Å². The Balaban J connectivity index is 2.75. The highest BCUT2D eigenvalue weighted by Crippen LogP contribution is 2.22. The fraction of sp³-hybridized carbons (Fsp3) is 0.455. The maximum Gasteiger partial charge on any atom is 0.125 e. The highest BCUT2D eigenvalue weighted by atomic mass is 16.5. The Morgan fingerprint density at radius 1 is 1.31 bits per heavy atom. The van der Waals surface area contributed by atoms with Crippen LogP contribution in [0.4, 0.5) is 0 Å². The summed E-state index contributed by atoms with van der Waals surface area (Å²) < 4.78 is 5.48. The highest BCUT2D eigenvalue weighted by Gasteiger charge is 2.04. The molecule has 1 aromatic rings. The Morgan fingerprint density at radius 3 is 2.31 bits per heavy atom. The summed E-state index contributed by atoms with van der Waals surface area (Å²) in [5.41, 5.74) is 2.22. The van der Waals surface area contributed by atoms with Gasteiger partial charge in [-0.3, -0.25) is 0 Å². The number of ether oxygens (including phenoxy) is 1. The van der Waals surface area contributed by atoms with Gasteiger partial charge in [-0.15, -0.1) is 0 Å². The minimum atomic E-state index is -0.418. The van der Waals surface area contributed by atoms with Crippen molar-refractivity contribution in [1.29, 1.82) is 0 Å². The molecule has 0 saturated carbocycles. The molecular formula is C11H16O2. The van der Waals surface area contributed by atoms with Gasteiger partial charge in [0.25, 0.3) is 0 Å². The molecule has 0 aliphatic carbocycles. The molecule has 1 aromatic carbocycles. The van der Waals surface area contributed by atoms with Crippen molar-refractivity contribution in [3.63, 3.8) is 0 Å². The molecule has 0 radical (unpaired) electrons. The van der Waals surface area contributed by atoms with Crippen LogP contribution in [0.2, 0.25) is 0 Å². The van der Waals surface area contributed by atoms with Crippen LogP contribution < -0.4 is 4.74 Å². The van der Waals surface area contributed by atoms with E-state index in [0.717, 1.165) is 16.9 Å². The van der Waals surface area contributed by atoms with Crippen molar-refractivity contribution >= 4 is 0 Å². The van der Waals surface area contributed by atoms with E-state index in [1.54, 1.807) is 6.92 Å². The third-order valence-corrected chi connectivity index (χ3v) is 1.88. The molecule has 1 rings (SSSR count). The number of aliphatic hydroxyl groups is 1. The Bertz CT molecular complexity index is 259. The Morgan fingerprint density at radius 2 is 1.85 bits per heavy atom. The lowest BCUT2D eigenvalue weighted by atomic mass is 10.1. The molecule has 0 fully saturated rings. The van der Waals surface area contributed by atoms with Gasteiger partial charge in [0, 0.05) is 0 Å². The van der Waals surface area contributed by atoms with Crippen LogP contribution in [-0.2, 0) is 0 Å². The summed E-state index contributed by atoms with van der Waals surface area (Å²) in [6.45, 7) is 6.08. The van der Waals surface area contributed by atoms with E-state index in [-0.39, 0.29) is 0 Å². The second-order valence-corrected chi connectivity index (χ2v) is 3.38. The molecular weight excluding hydrogens is 164 g/mol. The van der Waals surface area contributed by atoms with Gasteiger partial charge in [-0.2, -0.15) is 0 Å². The molecule has 1 N–H and O–H groups in total. The van der Waals surface area contributed by atoms with Gasteiger partial charge in [-0.25, -0.2) is 0 Å². The Hall–Kier alpha value is -1.02. The standard InChI is InChI=1S/C11H16O2/c1-8-5-4-6-9(2)11(8)13-7-10(3)12/h4-6,10,12H,7H2,1-3H3. The number of benzene rings is 1. The average Bonchev–Trinajstić information content (AvgIpc) is 2.03. The quantitative estimate of drug-likeness (QED) is 0.771. The highest BCUT2D eigenvalue weighted by molar-refractivity contribution is 5.39. The number of rotatable bonds is 3. The third kappa shape index (κ3) is 2.74. The second-order valence-electron chi connectivity index (χ2n) is 3.38. The average molecular weight is 180 g/mol. The zero-order valence-electron chi connectivity index (χ0n) is 8.37. The zero-order chi connectivity index (χ0) is 9.84. The van der Waals surface area contributed by atoms with E-state index < -0.39 is 6.10 Å². The predicted octanol–water partition coefficient (Wildman–Crippen LogP) is 2.06. The lowest BCUT2D eigenvalue weighted by Crippen LogP contribution is -2.13. The minimum Gasteiger partial charge on any atom is -0.490 e. The van der Waals surface area contributed by atoms with Gasteiger partial charge in [0.1, 0.15) is 12.4 Å². The molecule has 1 unspecified atom stereocenters. The normalized spacial score (nSPS) is 12.6. The van der Waals surface area contributed by atoms with E-state index in [9.17, 15) is 0 Å². The summed E-state index contributed by atoms with van der Waals surface area (Å²) in [5.74, 6) is 0.892. The maximum absolute atomic E-state index is 9.07. The van der Waals surface area contributed by atoms with Crippen molar-refractivity contribution in [3.05, 3.63) is 29.3 Å². The van der Waals surface area contributed by atoms with E-state index in [4.69, 9.17) is 9.84 Å². The van der Waals surface area contributed by atoms with E-state index in [1.807, 2.05) is 32.0 Å². The molecule has 0 aromatic heterocycles. The smallest absolute Gasteiger partial charge is 0.125 e. The first-order chi connectivity index (χ1) is 6.11. The first-order valence-corrected chi connectivity index (χ1v) is 4.48. The van der Waals surface area contributed by atoms with Crippen LogP contribution in [0.1, 0.15) is 18.1 Å². The summed E-state index contributed by atoms with van der Waals surface area (Å²) in [6, 6.07) is 6.01. The fourth-order valence-corrected chi connectivity index (χ4v) is 1.23. The van der Waals surface area contributed by atoms with E-state index in [0.29, 0.717) is 6.61 Å². The van der Waals surface area contributed by atoms with Crippen LogP contribution in [0, 0.1) is 13.8 Å². The molecule has 0 saturated heterocycles. The fourth-order valence-electron chi connectivity index (χ4n) is 1.23. The summed E-state index contributed by atoms with van der Waals surface area (Å²) >= 11 is 0. The molecule has 13 heavy (non-hydrogen) atoms. The van der Waals surface area contributed by atoms with Crippen molar-refractivity contribution in [2.45, 2.75) is 26.9 Å². The van der Waals surface area contributed by atoms with Gasteiger partial charge in [0.2, 0.25) is 0 Å². The largest absolute Gasteiger partial charge is 0.490 e. The summed E-state index contributed by atoms with van der Waals surface area (Å²) in [4.78, 5) is 0. The van der Waals surface area contributed by atoms with Crippen LogP contribution in [0.5, 0.6) is 5.75 Å². The summed E-state index contributed by atoms with van der Waals surface area (Å²) in [7, 11) is 0. The maximum atomic E-state index is 9.07. The van der Waals surface area contributed by atoms with Crippen LogP contribution in [0.3, 0.4) is 0 Å². The molecule has 2 heteroatoms. The number of hydrogen-bond acceptors (Lipinski definition) is 2. The van der Waals surface area contributed by atoms with Gasteiger partial charge in [0.05, 0.1) is 6.10 Å². The summed E-state index contributed by atoms with van der Waals surface area (Å²) in [5, 5.41) is 9.07. The number of aryl methyl sites for hydroxylation is 2. The summed E-state index contributed by atoms with van der Waals surface area (Å²) in [6.07, 6.45) is -0.418.